The molecule has 3 atom stereocenters. The molecule has 2 heterocycles. The summed E-state index contributed by atoms with van der Waals surface area (Å²) in [6, 6.07) is 0. The Bertz CT molecular complexity index is 197. The molecule has 1 radical (unpaired) electrons. The zero-order valence-electron chi connectivity index (χ0n) is 6.88. The number of carboxylic acid groups (broad SMARTS) is 1. The monoisotopic (exact) mass is 410 g/mol. The molecule has 0 aromatic rings. The van der Waals surface area contributed by atoms with Crippen molar-refractivity contribution in [2.24, 2.45) is 5.92 Å². The Hall–Kier alpha value is 0.203. The molecule has 0 amide bonds. The van der Waals surface area contributed by atoms with Crippen LogP contribution in [0.15, 0.2) is 0 Å². The molecule has 0 aromatic carbocycles. The SMILES string of the molecule is O=C(O)OC1COC2OCCC12.[Np]. The normalized spacial score (nSPS) is 36.5. The minimum absolute atomic E-state index is 0. The largest absolute Gasteiger partial charge is 0.506 e. The van der Waals surface area contributed by atoms with Crippen LogP contribution in [0, 0.1) is 35.9 Å². The zero-order chi connectivity index (χ0) is 8.55. The van der Waals surface area contributed by atoms with E-state index in [4.69, 9.17) is 14.6 Å². The van der Waals surface area contributed by atoms with E-state index in [1.54, 1.807) is 0 Å². The van der Waals surface area contributed by atoms with E-state index in [1.165, 1.54) is 0 Å². The van der Waals surface area contributed by atoms with Gasteiger partial charge in [-0.2, -0.15) is 0 Å². The Morgan fingerprint density at radius 1 is 1.46 bits per heavy atom. The Balaban J connectivity index is 0.000000845. The number of rotatable bonds is 1. The summed E-state index contributed by atoms with van der Waals surface area (Å²) in [5, 5.41) is 8.38. The molecule has 2 rings (SSSR count). The third-order valence-electron chi connectivity index (χ3n) is 2.24. The van der Waals surface area contributed by atoms with Crippen molar-refractivity contribution in [1.82, 2.24) is 0 Å². The second-order valence-electron chi connectivity index (χ2n) is 2.95. The average Bonchev–Trinajstić information content (AvgIpc) is 2.52. The van der Waals surface area contributed by atoms with Gasteiger partial charge in [-0.25, -0.2) is 4.79 Å². The molecule has 73 valence electrons. The van der Waals surface area contributed by atoms with Gasteiger partial charge >= 0.3 is 6.16 Å². The maximum absolute atomic E-state index is 10.2. The quantitative estimate of drug-likeness (QED) is 0.635. The first-order valence-corrected chi connectivity index (χ1v) is 3.90. The van der Waals surface area contributed by atoms with E-state index >= 15 is 0 Å². The molecule has 6 heteroatoms. The predicted octanol–water partition coefficient (Wildman–Crippen LogP) is 0.442. The molecule has 2 aliphatic rings. The van der Waals surface area contributed by atoms with E-state index in [0.29, 0.717) is 13.2 Å². The standard InChI is InChI=1S/C7H10O5.Np/c8-7(9)12-5-3-11-6-4(5)1-2-10-6;/h4-6H,1-3H2,(H,8,9);. The fourth-order valence-electron chi connectivity index (χ4n) is 1.68. The Labute approximate surface area is 98.0 Å². The van der Waals surface area contributed by atoms with E-state index < -0.39 is 6.16 Å². The Morgan fingerprint density at radius 3 is 2.92 bits per heavy atom. The number of carbonyl (C=O) groups is 1. The summed E-state index contributed by atoms with van der Waals surface area (Å²) in [6.07, 6.45) is -0.997. The van der Waals surface area contributed by atoms with Crippen LogP contribution in [0.5, 0.6) is 0 Å². The van der Waals surface area contributed by atoms with Crippen molar-refractivity contribution < 1.29 is 54.1 Å². The van der Waals surface area contributed by atoms with Crippen molar-refractivity contribution in [3.8, 4) is 0 Å². The topological polar surface area (TPSA) is 65.0 Å². The first kappa shape index (κ1) is 11.3. The first-order chi connectivity index (χ1) is 5.77. The van der Waals surface area contributed by atoms with Crippen LogP contribution in [0.1, 0.15) is 6.42 Å². The van der Waals surface area contributed by atoms with Gasteiger partial charge in [-0.15, -0.1) is 0 Å². The van der Waals surface area contributed by atoms with Crippen LogP contribution in [-0.4, -0.2) is 36.9 Å². The van der Waals surface area contributed by atoms with Crippen LogP contribution < -0.4 is 0 Å². The first-order valence-electron chi connectivity index (χ1n) is 3.90. The van der Waals surface area contributed by atoms with E-state index in [1.807, 2.05) is 0 Å². The summed E-state index contributed by atoms with van der Waals surface area (Å²) in [6.45, 7) is 0.955. The van der Waals surface area contributed by atoms with Crippen LogP contribution in [-0.2, 0) is 14.2 Å². The van der Waals surface area contributed by atoms with E-state index in [9.17, 15) is 4.79 Å². The number of ether oxygens (including phenoxy) is 3. The number of hydrogen-bond acceptors (Lipinski definition) is 4. The maximum atomic E-state index is 10.2. The van der Waals surface area contributed by atoms with Gasteiger partial charge in [0.2, 0.25) is 0 Å². The molecular weight excluding hydrogens is 401 g/mol. The van der Waals surface area contributed by atoms with Gasteiger partial charge in [0.25, 0.3) is 0 Å². The smallest absolute Gasteiger partial charge is 0.450 e. The fourth-order valence-corrected chi connectivity index (χ4v) is 1.68. The van der Waals surface area contributed by atoms with Crippen LogP contribution in [0.25, 0.3) is 0 Å². The van der Waals surface area contributed by atoms with E-state index in [2.05, 4.69) is 4.74 Å². The molecule has 0 aromatic heterocycles. The van der Waals surface area contributed by atoms with Gasteiger partial charge in [-0.05, 0) is 6.42 Å². The molecule has 2 saturated heterocycles. The third kappa shape index (κ3) is 2.36. The van der Waals surface area contributed by atoms with E-state index in [0.717, 1.165) is 6.42 Å². The summed E-state index contributed by atoms with van der Waals surface area (Å²) < 4.78 is 15.0. The van der Waals surface area contributed by atoms with Gasteiger partial charge < -0.3 is 19.3 Å². The van der Waals surface area contributed by atoms with Crippen molar-refractivity contribution in [3.63, 3.8) is 0 Å². The molecule has 1 N–H and O–H groups in total. The summed E-state index contributed by atoms with van der Waals surface area (Å²) in [5.41, 5.74) is 0. The minimum atomic E-state index is -1.24. The molecule has 0 spiro atoms. The number of hydrogen-bond donors (Lipinski definition) is 1. The van der Waals surface area contributed by atoms with Gasteiger partial charge in [0.15, 0.2) is 6.29 Å². The minimum Gasteiger partial charge on any atom is -0.450 e. The average molecular weight is 411 g/mol. The van der Waals surface area contributed by atoms with Crippen LogP contribution in [0.2, 0.25) is 0 Å². The van der Waals surface area contributed by atoms with Crippen LogP contribution in [0.4, 0.5) is 4.79 Å². The summed E-state index contributed by atoms with van der Waals surface area (Å²) >= 11 is 0. The van der Waals surface area contributed by atoms with Gasteiger partial charge in [-0.3, -0.25) is 0 Å². The molecule has 2 aliphatic heterocycles. The molecule has 0 saturated carbocycles. The number of fused-ring (bicyclic) bond motifs is 1. The van der Waals surface area contributed by atoms with Crippen molar-refractivity contribution >= 4 is 6.16 Å². The second kappa shape index (κ2) is 4.62. The molecule has 3 unspecified atom stereocenters. The molecule has 13 heavy (non-hydrogen) atoms. The van der Waals surface area contributed by atoms with Crippen molar-refractivity contribution in [3.05, 3.63) is 0 Å². The molecular formula is C7H10NpO5. The summed E-state index contributed by atoms with van der Waals surface area (Å²) in [7, 11) is 0. The summed E-state index contributed by atoms with van der Waals surface area (Å²) in [5.74, 6) is 0.0982. The Kier molecular flexibility index (Phi) is 4.01. The van der Waals surface area contributed by atoms with Crippen LogP contribution >= 0.6 is 0 Å². The maximum Gasteiger partial charge on any atom is 0.506 e. The van der Waals surface area contributed by atoms with Crippen molar-refractivity contribution in [1.29, 1.82) is 0 Å². The predicted molar refractivity (Wildman–Crippen MR) is 36.7 cm³/mol. The second-order valence-corrected chi connectivity index (χ2v) is 2.95. The van der Waals surface area contributed by atoms with Gasteiger partial charge in [0.1, 0.15) is 6.10 Å². The molecule has 0 bridgehead atoms. The van der Waals surface area contributed by atoms with Gasteiger partial charge in [0.05, 0.1) is 19.1 Å². The van der Waals surface area contributed by atoms with Crippen LogP contribution in [0.3, 0.4) is 0 Å². The van der Waals surface area contributed by atoms with Crippen molar-refractivity contribution in [2.75, 3.05) is 13.2 Å². The Morgan fingerprint density at radius 2 is 2.23 bits per heavy atom. The molecule has 2 fully saturated rings. The fraction of sp³-hybridized carbons (Fsp3) is 0.857. The van der Waals surface area contributed by atoms with Gasteiger partial charge in [-0.1, -0.05) is 0 Å². The third-order valence-corrected chi connectivity index (χ3v) is 2.24. The zero-order valence-corrected chi connectivity index (χ0v) is 10.6. The van der Waals surface area contributed by atoms with Gasteiger partial charge in [0, 0.05) is 29.9 Å². The van der Waals surface area contributed by atoms with Crippen molar-refractivity contribution in [2.45, 2.75) is 18.8 Å². The molecule has 0 aliphatic carbocycles. The van der Waals surface area contributed by atoms with E-state index in [-0.39, 0.29) is 48.3 Å². The summed E-state index contributed by atoms with van der Waals surface area (Å²) in [4.78, 5) is 10.2. The molecule has 5 nitrogen and oxygen atoms in total.